The van der Waals surface area contributed by atoms with Crippen molar-refractivity contribution in [2.75, 3.05) is 19.6 Å². The highest BCUT2D eigenvalue weighted by Gasteiger charge is 2.31. The number of carboxylic acid groups (broad SMARTS) is 1. The van der Waals surface area contributed by atoms with Gasteiger partial charge in [-0.1, -0.05) is 0 Å². The number of nitrogens with zero attached hydrogens (tertiary/aromatic N) is 3. The molecule has 3 N–H and O–H groups in total. The van der Waals surface area contributed by atoms with Crippen molar-refractivity contribution < 1.29 is 18.3 Å². The zero-order valence-corrected chi connectivity index (χ0v) is 11.6. The molecule has 2 heterocycles. The van der Waals surface area contributed by atoms with Crippen LogP contribution in [0, 0.1) is 5.92 Å². The highest BCUT2D eigenvalue weighted by Crippen LogP contribution is 2.18. The molecule has 1 saturated heterocycles. The average Bonchev–Trinajstić information content (AvgIpc) is 2.92. The molecule has 1 unspecified atom stereocenters. The molecule has 0 aromatic carbocycles. The van der Waals surface area contributed by atoms with Crippen molar-refractivity contribution in [2.45, 2.75) is 19.3 Å². The van der Waals surface area contributed by atoms with Gasteiger partial charge < -0.3 is 5.11 Å². The molecule has 20 heavy (non-hydrogen) atoms. The van der Waals surface area contributed by atoms with Crippen LogP contribution in [0.15, 0.2) is 6.33 Å². The second kappa shape index (κ2) is 6.29. The maximum absolute atomic E-state index is 12.1. The quantitative estimate of drug-likeness (QED) is 0.617. The third-order valence-corrected chi connectivity index (χ3v) is 4.76. The molecule has 2 rings (SSSR count). The predicted octanol–water partition coefficient (Wildman–Crippen LogP) is -1.02. The summed E-state index contributed by atoms with van der Waals surface area (Å²) in [5.41, 5.74) is 0. The van der Waals surface area contributed by atoms with Crippen LogP contribution in [0.1, 0.15) is 18.7 Å². The monoisotopic (exact) mass is 303 g/mol. The van der Waals surface area contributed by atoms with E-state index in [9.17, 15) is 13.2 Å². The minimum absolute atomic E-state index is 0.0208. The zero-order valence-electron chi connectivity index (χ0n) is 10.8. The van der Waals surface area contributed by atoms with Crippen molar-refractivity contribution in [1.29, 1.82) is 0 Å². The first kappa shape index (κ1) is 14.9. The van der Waals surface area contributed by atoms with Gasteiger partial charge in [0, 0.05) is 26.1 Å². The van der Waals surface area contributed by atoms with E-state index < -0.39 is 22.1 Å². The molecule has 1 aromatic heterocycles. The number of H-pyrrole nitrogens is 1. The second-order valence-corrected chi connectivity index (χ2v) is 6.37. The first-order chi connectivity index (χ1) is 9.49. The fourth-order valence-electron chi connectivity index (χ4n) is 2.10. The Bertz CT molecular complexity index is 544. The average molecular weight is 303 g/mol. The first-order valence-electron chi connectivity index (χ1n) is 6.31. The second-order valence-electron chi connectivity index (χ2n) is 4.62. The van der Waals surface area contributed by atoms with Crippen molar-refractivity contribution in [3.8, 4) is 0 Å². The number of carbonyl (C=O) groups is 1. The summed E-state index contributed by atoms with van der Waals surface area (Å²) < 4.78 is 27.7. The van der Waals surface area contributed by atoms with E-state index >= 15 is 0 Å². The van der Waals surface area contributed by atoms with E-state index in [1.165, 1.54) is 10.6 Å². The number of rotatable bonds is 6. The lowest BCUT2D eigenvalue weighted by atomic mass is 10.0. The van der Waals surface area contributed by atoms with Crippen molar-refractivity contribution in [1.82, 2.24) is 24.2 Å². The smallest absolute Gasteiger partial charge is 0.307 e. The van der Waals surface area contributed by atoms with Crippen LogP contribution < -0.4 is 4.72 Å². The van der Waals surface area contributed by atoms with Gasteiger partial charge in [0.15, 0.2) is 0 Å². The summed E-state index contributed by atoms with van der Waals surface area (Å²) in [5, 5.41) is 15.3. The molecule has 9 nitrogen and oxygen atoms in total. The SMILES string of the molecule is O=C(O)C1CCCN(S(=O)(=O)NCCc2ncn[nH]2)C1. The molecule has 1 aromatic rings. The molecule has 10 heteroatoms. The molecule has 0 aliphatic carbocycles. The Balaban J connectivity index is 1.87. The number of aromatic nitrogens is 3. The molecule has 112 valence electrons. The number of aromatic amines is 1. The largest absolute Gasteiger partial charge is 0.481 e. The minimum Gasteiger partial charge on any atom is -0.481 e. The molecule has 0 bridgehead atoms. The first-order valence-corrected chi connectivity index (χ1v) is 7.75. The fourth-order valence-corrected chi connectivity index (χ4v) is 3.39. The predicted molar refractivity (Wildman–Crippen MR) is 68.9 cm³/mol. The van der Waals surface area contributed by atoms with E-state index in [4.69, 9.17) is 5.11 Å². The normalized spacial score (nSPS) is 20.9. The van der Waals surface area contributed by atoms with Gasteiger partial charge in [-0.15, -0.1) is 0 Å². The molecular weight excluding hydrogens is 286 g/mol. The number of hydrogen-bond acceptors (Lipinski definition) is 5. The molecule has 1 fully saturated rings. The highest BCUT2D eigenvalue weighted by molar-refractivity contribution is 7.87. The Morgan fingerprint density at radius 1 is 1.60 bits per heavy atom. The Morgan fingerprint density at radius 3 is 3.05 bits per heavy atom. The Morgan fingerprint density at radius 2 is 2.40 bits per heavy atom. The molecule has 1 atom stereocenters. The summed E-state index contributed by atoms with van der Waals surface area (Å²) in [4.78, 5) is 14.8. The van der Waals surface area contributed by atoms with Crippen molar-refractivity contribution in [3.05, 3.63) is 12.2 Å². The Hall–Kier alpha value is -1.52. The molecule has 0 radical (unpaired) electrons. The van der Waals surface area contributed by atoms with Gasteiger partial charge in [0.1, 0.15) is 12.2 Å². The van der Waals surface area contributed by atoms with Crippen LogP contribution in [0.5, 0.6) is 0 Å². The van der Waals surface area contributed by atoms with Crippen LogP contribution in [-0.2, 0) is 21.4 Å². The van der Waals surface area contributed by atoms with E-state index in [2.05, 4.69) is 19.9 Å². The lowest BCUT2D eigenvalue weighted by molar-refractivity contribution is -0.142. The van der Waals surface area contributed by atoms with Crippen LogP contribution in [0.25, 0.3) is 0 Å². The van der Waals surface area contributed by atoms with E-state index in [0.29, 0.717) is 31.6 Å². The summed E-state index contributed by atoms with van der Waals surface area (Å²) in [6.07, 6.45) is 2.82. The molecule has 1 aliphatic heterocycles. The summed E-state index contributed by atoms with van der Waals surface area (Å²) in [6, 6.07) is 0. The lowest BCUT2D eigenvalue weighted by Gasteiger charge is -2.29. The van der Waals surface area contributed by atoms with Crippen molar-refractivity contribution in [3.63, 3.8) is 0 Å². The van der Waals surface area contributed by atoms with Crippen molar-refractivity contribution in [2.24, 2.45) is 5.92 Å². The fraction of sp³-hybridized carbons (Fsp3) is 0.700. The van der Waals surface area contributed by atoms with Crippen molar-refractivity contribution >= 4 is 16.2 Å². The Labute approximate surface area is 116 Å². The third kappa shape index (κ3) is 3.74. The minimum atomic E-state index is -3.65. The number of carboxylic acids is 1. The van der Waals surface area contributed by atoms with Gasteiger partial charge >= 0.3 is 5.97 Å². The summed E-state index contributed by atoms with van der Waals surface area (Å²) in [5.74, 6) is -0.990. The van der Waals surface area contributed by atoms with Gasteiger partial charge in [-0.2, -0.15) is 17.8 Å². The molecule has 0 saturated carbocycles. The van der Waals surface area contributed by atoms with E-state index in [1.807, 2.05) is 0 Å². The van der Waals surface area contributed by atoms with Gasteiger partial charge in [0.2, 0.25) is 0 Å². The van der Waals surface area contributed by atoms with Gasteiger partial charge in [0.25, 0.3) is 10.2 Å². The topological polar surface area (TPSA) is 128 Å². The molecular formula is C10H17N5O4S. The number of nitrogens with one attached hydrogen (secondary N) is 2. The standard InChI is InChI=1S/C10H17N5O4S/c16-10(17)8-2-1-5-15(6-8)20(18,19)13-4-3-9-11-7-12-14-9/h7-8,13H,1-6H2,(H,16,17)(H,11,12,14). The van der Waals surface area contributed by atoms with Gasteiger partial charge in [0.05, 0.1) is 5.92 Å². The summed E-state index contributed by atoms with van der Waals surface area (Å²) in [6.45, 7) is 0.556. The van der Waals surface area contributed by atoms with E-state index in [0.717, 1.165) is 0 Å². The Kier molecular flexibility index (Phi) is 4.68. The van der Waals surface area contributed by atoms with E-state index in [1.54, 1.807) is 0 Å². The maximum atomic E-state index is 12.1. The zero-order chi connectivity index (χ0) is 14.6. The summed E-state index contributed by atoms with van der Waals surface area (Å²) >= 11 is 0. The van der Waals surface area contributed by atoms with Crippen LogP contribution in [0.4, 0.5) is 0 Å². The number of hydrogen-bond donors (Lipinski definition) is 3. The van der Waals surface area contributed by atoms with Gasteiger partial charge in [-0.25, -0.2) is 9.71 Å². The maximum Gasteiger partial charge on any atom is 0.307 e. The molecule has 0 spiro atoms. The molecule has 1 aliphatic rings. The summed E-state index contributed by atoms with van der Waals surface area (Å²) in [7, 11) is -3.65. The third-order valence-electron chi connectivity index (χ3n) is 3.18. The van der Waals surface area contributed by atoms with Gasteiger partial charge in [-0.3, -0.25) is 9.89 Å². The number of piperidine rings is 1. The molecule has 0 amide bonds. The van der Waals surface area contributed by atoms with Crippen LogP contribution >= 0.6 is 0 Å². The highest BCUT2D eigenvalue weighted by atomic mass is 32.2. The van der Waals surface area contributed by atoms with Crippen LogP contribution in [-0.4, -0.2) is 58.6 Å². The van der Waals surface area contributed by atoms with Crippen LogP contribution in [0.3, 0.4) is 0 Å². The lowest BCUT2D eigenvalue weighted by Crippen LogP contribution is -2.47. The number of aliphatic carboxylic acids is 1. The van der Waals surface area contributed by atoms with Gasteiger partial charge in [-0.05, 0) is 12.8 Å². The van der Waals surface area contributed by atoms with E-state index in [-0.39, 0.29) is 13.1 Å². The van der Waals surface area contributed by atoms with Crippen LogP contribution in [0.2, 0.25) is 0 Å².